The molecule has 2 aliphatic rings. The van der Waals surface area contributed by atoms with Gasteiger partial charge in [0.15, 0.2) is 0 Å². The zero-order chi connectivity index (χ0) is 17.4. The van der Waals surface area contributed by atoms with Crippen molar-refractivity contribution in [3.63, 3.8) is 0 Å². The summed E-state index contributed by atoms with van der Waals surface area (Å²) < 4.78 is 18.4. The summed E-state index contributed by atoms with van der Waals surface area (Å²) in [4.78, 5) is 14.5. The fourth-order valence-electron chi connectivity index (χ4n) is 4.22. The summed E-state index contributed by atoms with van der Waals surface area (Å²) in [7, 11) is 0. The maximum Gasteiger partial charge on any atom is 0.238 e. The highest BCUT2D eigenvalue weighted by Crippen LogP contribution is 2.45. The van der Waals surface area contributed by atoms with Crippen molar-refractivity contribution >= 4 is 11.6 Å². The van der Waals surface area contributed by atoms with Crippen LogP contribution in [-0.2, 0) is 10.4 Å². The number of aliphatic hydroxyl groups is 1. The van der Waals surface area contributed by atoms with Gasteiger partial charge in [-0.15, -0.1) is 0 Å². The van der Waals surface area contributed by atoms with Gasteiger partial charge >= 0.3 is 0 Å². The predicted molar refractivity (Wildman–Crippen MR) is 90.4 cm³/mol. The number of halogens is 1. The quantitative estimate of drug-likeness (QED) is 0.895. The number of amides is 1. The highest BCUT2D eigenvalue weighted by Gasteiger charge is 2.49. The van der Waals surface area contributed by atoms with E-state index in [0.717, 1.165) is 12.8 Å². The molecule has 1 amide bonds. The van der Waals surface area contributed by atoms with E-state index in [1.165, 1.54) is 12.1 Å². The second-order valence-electron chi connectivity index (χ2n) is 7.03. The first-order chi connectivity index (χ1) is 12.0. The molecule has 3 atom stereocenters. The third-order valence-corrected chi connectivity index (χ3v) is 5.35. The van der Waals surface area contributed by atoms with Gasteiger partial charge in [-0.25, -0.2) is 4.39 Å². The Morgan fingerprint density at radius 1 is 1.24 bits per heavy atom. The van der Waals surface area contributed by atoms with Gasteiger partial charge in [0.2, 0.25) is 5.91 Å². The molecule has 2 aliphatic heterocycles. The molecule has 4 rings (SSSR count). The van der Waals surface area contributed by atoms with Crippen molar-refractivity contribution in [2.45, 2.75) is 43.4 Å². The van der Waals surface area contributed by atoms with Crippen LogP contribution in [-0.4, -0.2) is 34.5 Å². The van der Waals surface area contributed by atoms with Crippen molar-refractivity contribution in [1.29, 1.82) is 0 Å². The molecular weight excluding hydrogens is 323 g/mol. The minimum Gasteiger partial charge on any atom is -0.466 e. The molecule has 6 heteroatoms. The van der Waals surface area contributed by atoms with Gasteiger partial charge in [0.1, 0.15) is 17.2 Å². The van der Waals surface area contributed by atoms with E-state index in [0.29, 0.717) is 24.3 Å². The number of furan rings is 1. The lowest BCUT2D eigenvalue weighted by Crippen LogP contribution is -2.51. The molecule has 0 saturated carbocycles. The largest absolute Gasteiger partial charge is 0.466 e. The van der Waals surface area contributed by atoms with E-state index in [9.17, 15) is 14.3 Å². The van der Waals surface area contributed by atoms with Gasteiger partial charge < -0.3 is 14.8 Å². The first kappa shape index (κ1) is 16.3. The van der Waals surface area contributed by atoms with E-state index < -0.39 is 5.60 Å². The molecule has 0 aliphatic carbocycles. The molecular formula is C19H21FN2O3. The maximum atomic E-state index is 12.9. The monoisotopic (exact) mass is 344 g/mol. The highest BCUT2D eigenvalue weighted by molar-refractivity contribution is 5.92. The molecule has 25 heavy (non-hydrogen) atoms. The summed E-state index contributed by atoms with van der Waals surface area (Å²) in [5.41, 5.74) is -0.359. The van der Waals surface area contributed by atoms with Crippen LogP contribution >= 0.6 is 0 Å². The van der Waals surface area contributed by atoms with Crippen LogP contribution in [0, 0.1) is 5.82 Å². The van der Waals surface area contributed by atoms with Gasteiger partial charge in [-0.05, 0) is 62.1 Å². The average Bonchev–Trinajstić information content (AvgIpc) is 3.19. The highest BCUT2D eigenvalue weighted by atomic mass is 19.1. The summed E-state index contributed by atoms with van der Waals surface area (Å²) in [5, 5.41) is 13.8. The Morgan fingerprint density at radius 3 is 2.52 bits per heavy atom. The zero-order valence-corrected chi connectivity index (χ0v) is 13.8. The van der Waals surface area contributed by atoms with Crippen molar-refractivity contribution in [1.82, 2.24) is 4.90 Å². The third-order valence-electron chi connectivity index (χ3n) is 5.35. The van der Waals surface area contributed by atoms with E-state index in [4.69, 9.17) is 4.42 Å². The first-order valence-corrected chi connectivity index (χ1v) is 8.61. The number of fused-ring (bicyclic) bond motifs is 2. The lowest BCUT2D eigenvalue weighted by Gasteiger charge is -2.42. The van der Waals surface area contributed by atoms with Gasteiger partial charge in [0, 0.05) is 17.8 Å². The molecule has 0 spiro atoms. The van der Waals surface area contributed by atoms with Gasteiger partial charge in [-0.2, -0.15) is 0 Å². The fraction of sp³-hybridized carbons (Fsp3) is 0.421. The first-order valence-electron chi connectivity index (χ1n) is 8.61. The summed E-state index contributed by atoms with van der Waals surface area (Å²) in [6.45, 7) is 0.279. The lowest BCUT2D eigenvalue weighted by atomic mass is 9.84. The molecule has 1 unspecified atom stereocenters. The Morgan fingerprint density at radius 2 is 1.92 bits per heavy atom. The van der Waals surface area contributed by atoms with Gasteiger partial charge in [0.05, 0.1) is 12.8 Å². The number of hydrogen-bond acceptors (Lipinski definition) is 4. The topological polar surface area (TPSA) is 65.7 Å². The summed E-state index contributed by atoms with van der Waals surface area (Å²) in [5.74, 6) is 0.163. The molecule has 132 valence electrons. The number of carbonyl (C=O) groups excluding carboxylic acids is 1. The van der Waals surface area contributed by atoms with Crippen molar-refractivity contribution in [3.8, 4) is 0 Å². The zero-order valence-electron chi connectivity index (χ0n) is 13.8. The van der Waals surface area contributed by atoms with Crippen LogP contribution < -0.4 is 5.32 Å². The fourth-order valence-corrected chi connectivity index (χ4v) is 4.22. The van der Waals surface area contributed by atoms with Gasteiger partial charge in [-0.1, -0.05) is 0 Å². The summed E-state index contributed by atoms with van der Waals surface area (Å²) in [6, 6.07) is 9.67. The summed E-state index contributed by atoms with van der Waals surface area (Å²) >= 11 is 0. The van der Waals surface area contributed by atoms with Crippen LogP contribution in [0.5, 0.6) is 0 Å². The lowest BCUT2D eigenvalue weighted by molar-refractivity contribution is -0.121. The van der Waals surface area contributed by atoms with E-state index in [1.807, 2.05) is 6.07 Å². The molecule has 2 N–H and O–H groups in total. The number of carbonyl (C=O) groups is 1. The van der Waals surface area contributed by atoms with Crippen molar-refractivity contribution in [2.24, 2.45) is 0 Å². The second kappa shape index (κ2) is 6.28. The Bertz CT molecular complexity index is 731. The minimum atomic E-state index is -0.945. The van der Waals surface area contributed by atoms with Gasteiger partial charge in [-0.3, -0.25) is 9.69 Å². The number of nitrogens with zero attached hydrogens (tertiary/aromatic N) is 1. The molecule has 1 aromatic heterocycles. The summed E-state index contributed by atoms with van der Waals surface area (Å²) in [6.07, 6.45) is 4.66. The molecule has 2 saturated heterocycles. The SMILES string of the molecule is O=C(CN1[C@@H]2CC[C@H]1CC(O)(c1ccco1)C2)Nc1ccc(F)cc1. The van der Waals surface area contributed by atoms with Crippen LogP contribution in [0.3, 0.4) is 0 Å². The number of piperidine rings is 1. The number of nitrogens with one attached hydrogen (secondary N) is 1. The van der Waals surface area contributed by atoms with Crippen molar-refractivity contribution in [2.75, 3.05) is 11.9 Å². The maximum absolute atomic E-state index is 12.9. The van der Waals surface area contributed by atoms with Crippen molar-refractivity contribution in [3.05, 3.63) is 54.2 Å². The number of anilines is 1. The van der Waals surface area contributed by atoms with Crippen LogP contribution in [0.1, 0.15) is 31.4 Å². The van der Waals surface area contributed by atoms with Crippen LogP contribution in [0.15, 0.2) is 47.1 Å². The molecule has 0 radical (unpaired) electrons. The van der Waals surface area contributed by atoms with E-state index in [2.05, 4.69) is 10.2 Å². The average molecular weight is 344 g/mol. The molecule has 3 heterocycles. The van der Waals surface area contributed by atoms with Crippen LogP contribution in [0.2, 0.25) is 0 Å². The van der Waals surface area contributed by atoms with Crippen LogP contribution in [0.4, 0.5) is 10.1 Å². The van der Waals surface area contributed by atoms with Gasteiger partial charge in [0.25, 0.3) is 0 Å². The Labute approximate surface area is 145 Å². The molecule has 2 fully saturated rings. The van der Waals surface area contributed by atoms with E-state index in [-0.39, 0.29) is 30.4 Å². The van der Waals surface area contributed by atoms with Crippen LogP contribution in [0.25, 0.3) is 0 Å². The Balaban J connectivity index is 1.41. The smallest absolute Gasteiger partial charge is 0.238 e. The number of rotatable bonds is 4. The van der Waals surface area contributed by atoms with Crippen molar-refractivity contribution < 1.29 is 18.7 Å². The molecule has 5 nitrogen and oxygen atoms in total. The number of benzene rings is 1. The molecule has 2 bridgehead atoms. The number of hydrogen-bond donors (Lipinski definition) is 2. The molecule has 1 aromatic carbocycles. The normalized spacial score (nSPS) is 28.9. The standard InChI is InChI=1S/C19H21FN2O3/c20-13-3-5-14(6-4-13)21-18(23)12-22-15-7-8-16(22)11-19(24,10-15)17-2-1-9-25-17/h1-6,9,15-16,24H,7-8,10-12H2,(H,21,23)/t15-,16+,19?. The Kier molecular flexibility index (Phi) is 4.09. The van der Waals surface area contributed by atoms with E-state index >= 15 is 0 Å². The minimum absolute atomic E-state index is 0.119. The predicted octanol–water partition coefficient (Wildman–Crippen LogP) is 2.87. The Hall–Kier alpha value is -2.18. The second-order valence-corrected chi connectivity index (χ2v) is 7.03. The van der Waals surface area contributed by atoms with E-state index in [1.54, 1.807) is 24.5 Å². The third kappa shape index (κ3) is 3.19. The molecule has 2 aromatic rings.